The highest BCUT2D eigenvalue weighted by molar-refractivity contribution is 7.16. The minimum Gasteiger partial charge on any atom is -0.494 e. The fraction of sp³-hybridized carbons (Fsp3) is 0.263. The Morgan fingerprint density at radius 2 is 1.96 bits per heavy atom. The Balaban J connectivity index is 1.86. The fourth-order valence-corrected chi connectivity index (χ4v) is 3.77. The first kappa shape index (κ1) is 17.4. The summed E-state index contributed by atoms with van der Waals surface area (Å²) >= 11 is 1.33. The van der Waals surface area contributed by atoms with Crippen LogP contribution in [0.2, 0.25) is 0 Å². The molecule has 2 aromatic carbocycles. The van der Waals surface area contributed by atoms with Crippen LogP contribution in [-0.2, 0) is 17.8 Å². The number of rotatable bonds is 5. The summed E-state index contributed by atoms with van der Waals surface area (Å²) in [5, 5.41) is 0. The van der Waals surface area contributed by atoms with Crippen molar-refractivity contribution >= 4 is 27.5 Å². The molecule has 25 heavy (non-hydrogen) atoms. The number of aryl methyl sites for hydroxylation is 1. The summed E-state index contributed by atoms with van der Waals surface area (Å²) in [7, 11) is 0. The minimum atomic E-state index is -0.288. The number of carbonyl (C=O) groups excluding carboxylic acids is 1. The van der Waals surface area contributed by atoms with Gasteiger partial charge in [-0.05, 0) is 49.7 Å². The lowest BCUT2D eigenvalue weighted by atomic mass is 10.1. The number of aromatic nitrogens is 1. The molecule has 1 amide bonds. The SMILES string of the molecule is CCOc1ccc(CC(=O)N=c2sc3cc(F)ccc3n2CC)cc1. The van der Waals surface area contributed by atoms with Crippen LogP contribution in [0.3, 0.4) is 0 Å². The van der Waals surface area contributed by atoms with Gasteiger partial charge in [0.25, 0.3) is 5.91 Å². The number of benzene rings is 2. The normalized spacial score (nSPS) is 11.9. The topological polar surface area (TPSA) is 43.6 Å². The standard InChI is InChI=1S/C19H19FN2O2S/c1-3-22-16-10-7-14(20)12-17(16)25-19(22)21-18(23)11-13-5-8-15(9-6-13)24-4-2/h5-10,12H,3-4,11H2,1-2H3. The van der Waals surface area contributed by atoms with Gasteiger partial charge in [-0.25, -0.2) is 4.39 Å². The first-order valence-electron chi connectivity index (χ1n) is 8.19. The van der Waals surface area contributed by atoms with Crippen molar-refractivity contribution in [2.45, 2.75) is 26.8 Å². The van der Waals surface area contributed by atoms with Crippen molar-refractivity contribution in [1.82, 2.24) is 4.57 Å². The van der Waals surface area contributed by atoms with E-state index >= 15 is 0 Å². The monoisotopic (exact) mass is 358 g/mol. The number of ether oxygens (including phenoxy) is 1. The van der Waals surface area contributed by atoms with E-state index in [1.807, 2.05) is 42.7 Å². The highest BCUT2D eigenvalue weighted by Crippen LogP contribution is 2.18. The fourth-order valence-electron chi connectivity index (χ4n) is 2.63. The van der Waals surface area contributed by atoms with Crippen molar-refractivity contribution in [3.8, 4) is 5.75 Å². The van der Waals surface area contributed by atoms with E-state index in [1.54, 1.807) is 6.07 Å². The van der Waals surface area contributed by atoms with Crippen molar-refractivity contribution < 1.29 is 13.9 Å². The average Bonchev–Trinajstić information content (AvgIpc) is 2.92. The van der Waals surface area contributed by atoms with E-state index < -0.39 is 0 Å². The zero-order valence-electron chi connectivity index (χ0n) is 14.2. The average molecular weight is 358 g/mol. The number of nitrogens with zero attached hydrogens (tertiary/aromatic N) is 2. The van der Waals surface area contributed by atoms with Crippen LogP contribution in [-0.4, -0.2) is 17.1 Å². The van der Waals surface area contributed by atoms with Crippen molar-refractivity contribution in [2.24, 2.45) is 4.99 Å². The van der Waals surface area contributed by atoms with Crippen molar-refractivity contribution in [2.75, 3.05) is 6.61 Å². The molecule has 0 N–H and O–H groups in total. The van der Waals surface area contributed by atoms with Crippen molar-refractivity contribution in [1.29, 1.82) is 0 Å². The molecule has 1 aromatic heterocycles. The van der Waals surface area contributed by atoms with Gasteiger partial charge in [-0.3, -0.25) is 4.79 Å². The smallest absolute Gasteiger partial charge is 0.252 e. The molecule has 4 nitrogen and oxygen atoms in total. The second-order valence-corrected chi connectivity index (χ2v) is 6.51. The van der Waals surface area contributed by atoms with Crippen LogP contribution in [0.1, 0.15) is 19.4 Å². The van der Waals surface area contributed by atoms with Gasteiger partial charge in [0.1, 0.15) is 11.6 Å². The zero-order chi connectivity index (χ0) is 17.8. The third kappa shape index (κ3) is 3.96. The van der Waals surface area contributed by atoms with E-state index in [-0.39, 0.29) is 18.1 Å². The quantitative estimate of drug-likeness (QED) is 0.694. The molecule has 0 atom stereocenters. The predicted octanol–water partition coefficient (Wildman–Crippen LogP) is 3.93. The second-order valence-electron chi connectivity index (χ2n) is 5.50. The number of fused-ring (bicyclic) bond motifs is 1. The number of hydrogen-bond donors (Lipinski definition) is 0. The van der Waals surface area contributed by atoms with Gasteiger partial charge in [0.15, 0.2) is 4.80 Å². The molecule has 3 aromatic rings. The van der Waals surface area contributed by atoms with Crippen LogP contribution in [0.4, 0.5) is 4.39 Å². The number of carbonyl (C=O) groups is 1. The Labute approximate surface area is 149 Å². The Kier molecular flexibility index (Phi) is 5.28. The van der Waals surface area contributed by atoms with Gasteiger partial charge in [-0.15, -0.1) is 0 Å². The maximum atomic E-state index is 13.4. The summed E-state index contributed by atoms with van der Waals surface area (Å²) in [6, 6.07) is 12.1. The predicted molar refractivity (Wildman–Crippen MR) is 97.3 cm³/mol. The lowest BCUT2D eigenvalue weighted by Gasteiger charge is -2.03. The van der Waals surface area contributed by atoms with Gasteiger partial charge in [0.05, 0.1) is 23.2 Å². The molecular weight excluding hydrogens is 339 g/mol. The van der Waals surface area contributed by atoms with Gasteiger partial charge in [0, 0.05) is 6.54 Å². The Morgan fingerprint density at radius 1 is 1.20 bits per heavy atom. The third-order valence-electron chi connectivity index (χ3n) is 3.77. The van der Waals surface area contributed by atoms with Crippen LogP contribution in [0.25, 0.3) is 10.2 Å². The minimum absolute atomic E-state index is 0.221. The third-order valence-corrected chi connectivity index (χ3v) is 4.81. The highest BCUT2D eigenvalue weighted by Gasteiger charge is 2.08. The van der Waals surface area contributed by atoms with Crippen LogP contribution < -0.4 is 9.54 Å². The van der Waals surface area contributed by atoms with E-state index in [2.05, 4.69) is 4.99 Å². The molecule has 0 spiro atoms. The molecule has 1 heterocycles. The summed E-state index contributed by atoms with van der Waals surface area (Å²) in [5.41, 5.74) is 1.77. The number of thiazole rings is 1. The number of amides is 1. The van der Waals surface area contributed by atoms with E-state index in [0.29, 0.717) is 18.0 Å². The van der Waals surface area contributed by atoms with Gasteiger partial charge in [0.2, 0.25) is 0 Å². The molecule has 0 unspecified atom stereocenters. The highest BCUT2D eigenvalue weighted by atomic mass is 32.1. The van der Waals surface area contributed by atoms with Gasteiger partial charge in [-0.2, -0.15) is 4.99 Å². The second kappa shape index (κ2) is 7.61. The lowest BCUT2D eigenvalue weighted by Crippen LogP contribution is -2.16. The number of hydrogen-bond acceptors (Lipinski definition) is 3. The Morgan fingerprint density at radius 3 is 2.64 bits per heavy atom. The van der Waals surface area contributed by atoms with Crippen LogP contribution in [0.5, 0.6) is 5.75 Å². The molecule has 0 fully saturated rings. The van der Waals surface area contributed by atoms with Crippen molar-refractivity contribution in [3.05, 3.63) is 58.6 Å². The molecular formula is C19H19FN2O2S. The van der Waals surface area contributed by atoms with Gasteiger partial charge < -0.3 is 9.30 Å². The Bertz CT molecular complexity index is 958. The van der Waals surface area contributed by atoms with Crippen LogP contribution in [0, 0.1) is 5.82 Å². The molecule has 0 aliphatic rings. The molecule has 130 valence electrons. The van der Waals surface area contributed by atoms with E-state index in [4.69, 9.17) is 4.74 Å². The van der Waals surface area contributed by atoms with Gasteiger partial charge in [-0.1, -0.05) is 23.5 Å². The van der Waals surface area contributed by atoms with Crippen LogP contribution in [0.15, 0.2) is 47.5 Å². The number of halogens is 1. The summed E-state index contributed by atoms with van der Waals surface area (Å²) in [6.07, 6.45) is 0.221. The summed E-state index contributed by atoms with van der Waals surface area (Å²) in [4.78, 5) is 17.2. The van der Waals surface area contributed by atoms with E-state index in [9.17, 15) is 9.18 Å². The van der Waals surface area contributed by atoms with Crippen LogP contribution >= 0.6 is 11.3 Å². The summed E-state index contributed by atoms with van der Waals surface area (Å²) in [6.45, 7) is 5.18. The molecule has 0 radical (unpaired) electrons. The maximum absolute atomic E-state index is 13.4. The molecule has 0 aliphatic carbocycles. The Hall–Kier alpha value is -2.47. The zero-order valence-corrected chi connectivity index (χ0v) is 15.0. The molecule has 0 saturated heterocycles. The first-order chi connectivity index (χ1) is 12.1. The molecule has 0 saturated carbocycles. The van der Waals surface area contributed by atoms with Crippen molar-refractivity contribution in [3.63, 3.8) is 0 Å². The van der Waals surface area contributed by atoms with Gasteiger partial charge >= 0.3 is 0 Å². The summed E-state index contributed by atoms with van der Waals surface area (Å²) in [5.74, 6) is 0.272. The molecule has 0 bridgehead atoms. The largest absolute Gasteiger partial charge is 0.494 e. The summed E-state index contributed by atoms with van der Waals surface area (Å²) < 4.78 is 21.5. The van der Waals surface area contributed by atoms with E-state index in [0.717, 1.165) is 21.5 Å². The maximum Gasteiger partial charge on any atom is 0.252 e. The molecule has 3 rings (SSSR count). The lowest BCUT2D eigenvalue weighted by molar-refractivity contribution is -0.117. The molecule has 6 heteroatoms. The van der Waals surface area contributed by atoms with E-state index in [1.165, 1.54) is 23.5 Å². The molecule has 0 aliphatic heterocycles. The first-order valence-corrected chi connectivity index (χ1v) is 9.00.